The maximum Gasteiger partial charge on any atom is 0.325 e. The fraction of sp³-hybridized carbons (Fsp3) is 0.562. The van der Waals surface area contributed by atoms with Crippen molar-refractivity contribution < 1.29 is 13.9 Å². The second-order valence-corrected chi connectivity index (χ2v) is 5.16. The van der Waals surface area contributed by atoms with Crippen LogP contribution in [0, 0.1) is 5.82 Å². The average molecular weight is 296 g/mol. The molecule has 0 aliphatic rings. The standard InChI is InChI=1S/C16H25FN2O2/c1-5-18-16(3,15(20)21-4)11-12-19(6-2)14-9-7-13(17)8-10-14/h7-10,18H,5-6,11-12H2,1-4H3. The number of benzene rings is 1. The summed E-state index contributed by atoms with van der Waals surface area (Å²) in [6.07, 6.45) is 0.610. The molecule has 0 amide bonds. The summed E-state index contributed by atoms with van der Waals surface area (Å²) in [4.78, 5) is 14.1. The highest BCUT2D eigenvalue weighted by Crippen LogP contribution is 2.18. The largest absolute Gasteiger partial charge is 0.468 e. The first-order chi connectivity index (χ1) is 9.96. The molecule has 0 spiro atoms. The van der Waals surface area contributed by atoms with Gasteiger partial charge in [0.2, 0.25) is 0 Å². The van der Waals surface area contributed by atoms with Gasteiger partial charge in [0.1, 0.15) is 11.4 Å². The number of carbonyl (C=O) groups is 1. The van der Waals surface area contributed by atoms with Gasteiger partial charge in [-0.15, -0.1) is 0 Å². The van der Waals surface area contributed by atoms with Crippen molar-refractivity contribution in [3.63, 3.8) is 0 Å². The van der Waals surface area contributed by atoms with Crippen molar-refractivity contribution in [3.05, 3.63) is 30.1 Å². The Balaban J connectivity index is 2.76. The van der Waals surface area contributed by atoms with Gasteiger partial charge in [0.25, 0.3) is 0 Å². The smallest absolute Gasteiger partial charge is 0.325 e. The third-order valence-corrected chi connectivity index (χ3v) is 3.66. The Morgan fingerprint density at radius 1 is 1.33 bits per heavy atom. The van der Waals surface area contributed by atoms with Gasteiger partial charge < -0.3 is 15.0 Å². The fourth-order valence-corrected chi connectivity index (χ4v) is 2.36. The van der Waals surface area contributed by atoms with Crippen LogP contribution >= 0.6 is 0 Å². The normalized spacial score (nSPS) is 13.6. The molecule has 4 nitrogen and oxygen atoms in total. The van der Waals surface area contributed by atoms with Crippen LogP contribution < -0.4 is 10.2 Å². The molecule has 1 rings (SSSR count). The number of hydrogen-bond donors (Lipinski definition) is 1. The SMILES string of the molecule is CCNC(C)(CCN(CC)c1ccc(F)cc1)C(=O)OC. The third-order valence-electron chi connectivity index (χ3n) is 3.66. The number of methoxy groups -OCH3 is 1. The van der Waals surface area contributed by atoms with Gasteiger partial charge in [-0.2, -0.15) is 0 Å². The topological polar surface area (TPSA) is 41.6 Å². The minimum Gasteiger partial charge on any atom is -0.468 e. The van der Waals surface area contributed by atoms with Gasteiger partial charge in [-0.1, -0.05) is 6.92 Å². The van der Waals surface area contributed by atoms with Crippen LogP contribution in [0.15, 0.2) is 24.3 Å². The first kappa shape index (κ1) is 17.4. The monoisotopic (exact) mass is 296 g/mol. The molecule has 21 heavy (non-hydrogen) atoms. The lowest BCUT2D eigenvalue weighted by Gasteiger charge is -2.31. The number of likely N-dealkylation sites (N-methyl/N-ethyl adjacent to an activating group) is 1. The van der Waals surface area contributed by atoms with Crippen LogP contribution in [-0.2, 0) is 9.53 Å². The van der Waals surface area contributed by atoms with Crippen molar-refractivity contribution in [1.82, 2.24) is 5.32 Å². The molecule has 0 aromatic heterocycles. The van der Waals surface area contributed by atoms with Crippen LogP contribution in [0.4, 0.5) is 10.1 Å². The molecule has 0 heterocycles. The highest BCUT2D eigenvalue weighted by molar-refractivity contribution is 5.80. The summed E-state index contributed by atoms with van der Waals surface area (Å²) in [7, 11) is 1.40. The summed E-state index contributed by atoms with van der Waals surface area (Å²) in [6.45, 7) is 8.00. The molecule has 1 aromatic rings. The second kappa shape index (κ2) is 7.98. The van der Waals surface area contributed by atoms with E-state index in [1.165, 1.54) is 19.2 Å². The molecule has 0 saturated carbocycles. The Morgan fingerprint density at radius 2 is 1.95 bits per heavy atom. The zero-order valence-corrected chi connectivity index (χ0v) is 13.3. The Hall–Kier alpha value is -1.62. The lowest BCUT2D eigenvalue weighted by atomic mass is 9.97. The van der Waals surface area contributed by atoms with Crippen LogP contribution in [-0.4, -0.2) is 38.3 Å². The maximum absolute atomic E-state index is 13.0. The van der Waals surface area contributed by atoms with Crippen molar-refractivity contribution in [3.8, 4) is 0 Å². The third kappa shape index (κ3) is 4.70. The number of anilines is 1. The number of nitrogens with zero attached hydrogens (tertiary/aromatic N) is 1. The Morgan fingerprint density at radius 3 is 2.43 bits per heavy atom. The summed E-state index contributed by atoms with van der Waals surface area (Å²) in [5.74, 6) is -0.513. The maximum atomic E-state index is 13.0. The quantitative estimate of drug-likeness (QED) is 0.749. The van der Waals surface area contributed by atoms with E-state index >= 15 is 0 Å². The van der Waals surface area contributed by atoms with Gasteiger partial charge in [-0.3, -0.25) is 4.79 Å². The molecule has 1 aromatic carbocycles. The van der Waals surface area contributed by atoms with Crippen molar-refractivity contribution >= 4 is 11.7 Å². The Bertz CT molecular complexity index is 450. The minimum absolute atomic E-state index is 0.248. The predicted molar refractivity (Wildman–Crippen MR) is 83.0 cm³/mol. The van der Waals surface area contributed by atoms with E-state index < -0.39 is 5.54 Å². The summed E-state index contributed by atoms with van der Waals surface area (Å²) in [5, 5.41) is 3.19. The zero-order valence-electron chi connectivity index (χ0n) is 13.3. The van der Waals surface area contributed by atoms with Gasteiger partial charge in [-0.25, -0.2) is 4.39 Å². The van der Waals surface area contributed by atoms with Crippen molar-refractivity contribution in [2.24, 2.45) is 0 Å². The number of esters is 1. The average Bonchev–Trinajstić information content (AvgIpc) is 2.49. The van der Waals surface area contributed by atoms with Crippen LogP contribution in [0.2, 0.25) is 0 Å². The lowest BCUT2D eigenvalue weighted by Crippen LogP contribution is -2.52. The van der Waals surface area contributed by atoms with Gasteiger partial charge in [-0.05, 0) is 51.1 Å². The summed E-state index contributed by atoms with van der Waals surface area (Å²) in [6, 6.07) is 6.40. The number of nitrogens with one attached hydrogen (secondary N) is 1. The van der Waals surface area contributed by atoms with E-state index in [1.807, 2.05) is 20.8 Å². The van der Waals surface area contributed by atoms with Gasteiger partial charge in [0, 0.05) is 18.8 Å². The van der Waals surface area contributed by atoms with E-state index in [0.717, 1.165) is 12.2 Å². The van der Waals surface area contributed by atoms with E-state index in [0.29, 0.717) is 19.5 Å². The summed E-state index contributed by atoms with van der Waals surface area (Å²) >= 11 is 0. The highest BCUT2D eigenvalue weighted by Gasteiger charge is 2.33. The zero-order chi connectivity index (χ0) is 15.9. The van der Waals surface area contributed by atoms with Crippen molar-refractivity contribution in [1.29, 1.82) is 0 Å². The van der Waals surface area contributed by atoms with E-state index in [2.05, 4.69) is 10.2 Å². The molecular weight excluding hydrogens is 271 g/mol. The molecule has 0 fully saturated rings. The van der Waals surface area contributed by atoms with E-state index in [4.69, 9.17) is 4.74 Å². The molecule has 0 aliphatic carbocycles. The number of carbonyl (C=O) groups excluding carboxylic acids is 1. The number of halogens is 1. The second-order valence-electron chi connectivity index (χ2n) is 5.16. The van der Waals surface area contributed by atoms with Crippen molar-refractivity contribution in [2.75, 3.05) is 31.6 Å². The molecule has 0 bridgehead atoms. The molecule has 1 unspecified atom stereocenters. The lowest BCUT2D eigenvalue weighted by molar-refractivity contribution is -0.148. The summed E-state index contributed by atoms with van der Waals surface area (Å²) in [5.41, 5.74) is 0.236. The molecule has 1 N–H and O–H groups in total. The molecule has 5 heteroatoms. The molecule has 1 atom stereocenters. The summed E-state index contributed by atoms with van der Waals surface area (Å²) < 4.78 is 17.9. The van der Waals surface area contributed by atoms with Crippen LogP contribution in [0.25, 0.3) is 0 Å². The van der Waals surface area contributed by atoms with Gasteiger partial charge in [0.05, 0.1) is 7.11 Å². The van der Waals surface area contributed by atoms with E-state index in [9.17, 15) is 9.18 Å². The molecule has 0 aliphatic heterocycles. The highest BCUT2D eigenvalue weighted by atomic mass is 19.1. The van der Waals surface area contributed by atoms with E-state index in [1.54, 1.807) is 12.1 Å². The molecular formula is C16H25FN2O2. The van der Waals surface area contributed by atoms with E-state index in [-0.39, 0.29) is 11.8 Å². The number of ether oxygens (including phenoxy) is 1. The minimum atomic E-state index is -0.711. The Labute approximate surface area is 126 Å². The van der Waals surface area contributed by atoms with Crippen LogP contribution in [0.3, 0.4) is 0 Å². The molecule has 0 radical (unpaired) electrons. The predicted octanol–water partition coefficient (Wildman–Crippen LogP) is 2.58. The number of hydrogen-bond acceptors (Lipinski definition) is 4. The molecule has 118 valence electrons. The van der Waals surface area contributed by atoms with Gasteiger partial charge >= 0.3 is 5.97 Å². The first-order valence-electron chi connectivity index (χ1n) is 7.30. The van der Waals surface area contributed by atoms with Gasteiger partial charge in [0.15, 0.2) is 0 Å². The first-order valence-corrected chi connectivity index (χ1v) is 7.30. The molecule has 0 saturated heterocycles. The Kier molecular flexibility index (Phi) is 6.62. The van der Waals surface area contributed by atoms with Crippen LogP contribution in [0.1, 0.15) is 27.2 Å². The number of rotatable bonds is 8. The van der Waals surface area contributed by atoms with Crippen LogP contribution in [0.5, 0.6) is 0 Å². The fourth-order valence-electron chi connectivity index (χ4n) is 2.36. The van der Waals surface area contributed by atoms with Crippen molar-refractivity contribution in [2.45, 2.75) is 32.7 Å².